The summed E-state index contributed by atoms with van der Waals surface area (Å²) in [6.45, 7) is 4.38. The van der Waals surface area contributed by atoms with E-state index in [1.165, 1.54) is 0 Å². The number of aryl methyl sites for hydroxylation is 1. The average molecular weight is 423 g/mol. The van der Waals surface area contributed by atoms with Gasteiger partial charge < -0.3 is 20.9 Å². The van der Waals surface area contributed by atoms with Gasteiger partial charge in [-0.3, -0.25) is 14.4 Å². The Morgan fingerprint density at radius 1 is 1.21 bits per heavy atom. The maximum Gasteiger partial charge on any atom is 0.245 e. The summed E-state index contributed by atoms with van der Waals surface area (Å²) in [5.74, 6) is -0.253. The maximum atomic E-state index is 13.2. The van der Waals surface area contributed by atoms with Crippen molar-refractivity contribution in [3.05, 3.63) is 35.4 Å². The molecule has 2 aliphatic heterocycles. The fourth-order valence-corrected chi connectivity index (χ4v) is 4.02. The van der Waals surface area contributed by atoms with Gasteiger partial charge in [-0.25, -0.2) is 0 Å². The van der Waals surface area contributed by atoms with Crippen molar-refractivity contribution in [3.63, 3.8) is 0 Å². The molecule has 0 spiro atoms. The Morgan fingerprint density at radius 3 is 2.62 bits per heavy atom. The van der Waals surface area contributed by atoms with Crippen molar-refractivity contribution in [3.8, 4) is 0 Å². The van der Waals surface area contributed by atoms with Gasteiger partial charge >= 0.3 is 0 Å². The first-order valence-corrected chi connectivity index (χ1v) is 10.1. The van der Waals surface area contributed by atoms with Crippen LogP contribution in [-0.4, -0.2) is 59.7 Å². The summed E-state index contributed by atoms with van der Waals surface area (Å²) in [6, 6.07) is 7.60. The monoisotopic (exact) mass is 422 g/mol. The molecule has 160 valence electrons. The molecule has 29 heavy (non-hydrogen) atoms. The zero-order chi connectivity index (χ0) is 20.1. The van der Waals surface area contributed by atoms with Crippen molar-refractivity contribution in [2.75, 3.05) is 26.2 Å². The molecule has 3 N–H and O–H groups in total. The summed E-state index contributed by atoms with van der Waals surface area (Å²) in [4.78, 5) is 41.3. The number of amides is 3. The van der Waals surface area contributed by atoms with E-state index < -0.39 is 6.04 Å². The van der Waals surface area contributed by atoms with Gasteiger partial charge in [0.1, 0.15) is 6.04 Å². The highest BCUT2D eigenvalue weighted by Gasteiger charge is 2.39. The van der Waals surface area contributed by atoms with Gasteiger partial charge in [-0.05, 0) is 31.7 Å². The van der Waals surface area contributed by atoms with E-state index in [-0.39, 0.29) is 36.0 Å². The Morgan fingerprint density at radius 2 is 1.93 bits per heavy atom. The number of nitrogens with zero attached hydrogens (tertiary/aromatic N) is 2. The largest absolute Gasteiger partial charge is 0.355 e. The van der Waals surface area contributed by atoms with E-state index in [1.54, 1.807) is 9.80 Å². The third-order valence-corrected chi connectivity index (χ3v) is 5.63. The molecule has 2 aliphatic rings. The first-order chi connectivity index (χ1) is 13.5. The second-order valence-corrected chi connectivity index (χ2v) is 7.76. The van der Waals surface area contributed by atoms with Crippen LogP contribution in [0.3, 0.4) is 0 Å². The van der Waals surface area contributed by atoms with E-state index >= 15 is 0 Å². The maximum absolute atomic E-state index is 13.2. The van der Waals surface area contributed by atoms with Crippen LogP contribution in [0.1, 0.15) is 36.8 Å². The number of halogens is 1. The predicted octanol–water partition coefficient (Wildman–Crippen LogP) is 1.22. The van der Waals surface area contributed by atoms with Crippen LogP contribution < -0.4 is 11.1 Å². The Labute approximate surface area is 178 Å². The van der Waals surface area contributed by atoms with Crippen LogP contribution in [0.25, 0.3) is 0 Å². The van der Waals surface area contributed by atoms with Crippen LogP contribution in [0.2, 0.25) is 0 Å². The molecule has 1 aromatic rings. The first kappa shape index (κ1) is 23.2. The molecule has 0 radical (unpaired) electrons. The normalized spacial score (nSPS) is 21.7. The highest BCUT2D eigenvalue weighted by atomic mass is 35.5. The smallest absolute Gasteiger partial charge is 0.245 e. The van der Waals surface area contributed by atoms with Crippen molar-refractivity contribution in [1.29, 1.82) is 0 Å². The van der Waals surface area contributed by atoms with Crippen molar-refractivity contribution in [2.24, 2.45) is 11.7 Å². The summed E-state index contributed by atoms with van der Waals surface area (Å²) in [5, 5.41) is 2.82. The van der Waals surface area contributed by atoms with Crippen molar-refractivity contribution in [1.82, 2.24) is 15.1 Å². The third kappa shape index (κ3) is 5.70. The lowest BCUT2D eigenvalue weighted by Gasteiger charge is -2.35. The van der Waals surface area contributed by atoms with Crippen molar-refractivity contribution >= 4 is 30.1 Å². The number of piperidine rings is 1. The van der Waals surface area contributed by atoms with Gasteiger partial charge in [-0.15, -0.1) is 12.4 Å². The van der Waals surface area contributed by atoms with E-state index in [1.807, 2.05) is 31.2 Å². The average Bonchev–Trinajstić information content (AvgIpc) is 3.07. The van der Waals surface area contributed by atoms with Crippen LogP contribution in [0.5, 0.6) is 0 Å². The van der Waals surface area contributed by atoms with Gasteiger partial charge in [-0.1, -0.05) is 29.8 Å². The Bertz CT molecular complexity index is 725. The third-order valence-electron chi connectivity index (χ3n) is 5.63. The number of likely N-dealkylation sites (tertiary alicyclic amines) is 2. The minimum absolute atomic E-state index is 0. The van der Waals surface area contributed by atoms with Gasteiger partial charge in [0.25, 0.3) is 0 Å². The Balaban J connectivity index is 0.00000300. The Hall–Kier alpha value is -2.12. The lowest BCUT2D eigenvalue weighted by Crippen LogP contribution is -2.51. The molecule has 3 rings (SSSR count). The first-order valence-electron chi connectivity index (χ1n) is 10.1. The molecule has 2 unspecified atom stereocenters. The van der Waals surface area contributed by atoms with Gasteiger partial charge in [0.15, 0.2) is 0 Å². The van der Waals surface area contributed by atoms with E-state index in [2.05, 4.69) is 5.32 Å². The molecule has 2 heterocycles. The standard InChI is InChI=1S/C21H30N4O3.ClH/c1-15-4-6-16(7-5-15)13-25-18(8-9-19(25)26)21(28)24-12-2-3-17(14-24)20(27)23-11-10-22;/h4-7,17-18H,2-3,8-14,22H2,1H3,(H,23,27);1H. The van der Waals surface area contributed by atoms with Gasteiger partial charge in [0.05, 0.1) is 5.92 Å². The number of carbonyl (C=O) groups is 3. The van der Waals surface area contributed by atoms with E-state index in [0.717, 1.165) is 24.0 Å². The number of carbonyl (C=O) groups excluding carboxylic acids is 3. The molecular weight excluding hydrogens is 392 g/mol. The van der Waals surface area contributed by atoms with E-state index in [0.29, 0.717) is 45.6 Å². The predicted molar refractivity (Wildman–Crippen MR) is 113 cm³/mol. The lowest BCUT2D eigenvalue weighted by atomic mass is 9.96. The van der Waals surface area contributed by atoms with E-state index in [4.69, 9.17) is 5.73 Å². The SMILES string of the molecule is Cc1ccc(CN2C(=O)CCC2C(=O)N2CCCC(C(=O)NCCN)C2)cc1.Cl. The second kappa shape index (κ2) is 10.6. The number of hydrogen-bond acceptors (Lipinski definition) is 4. The molecular formula is C21H31ClN4O3. The van der Waals surface area contributed by atoms with Crippen LogP contribution in [-0.2, 0) is 20.9 Å². The van der Waals surface area contributed by atoms with Crippen LogP contribution in [0.4, 0.5) is 0 Å². The van der Waals surface area contributed by atoms with E-state index in [9.17, 15) is 14.4 Å². The summed E-state index contributed by atoms with van der Waals surface area (Å²) in [6.07, 6.45) is 2.52. The molecule has 2 saturated heterocycles. The molecule has 0 saturated carbocycles. The quantitative estimate of drug-likeness (QED) is 0.720. The molecule has 0 bridgehead atoms. The van der Waals surface area contributed by atoms with Gasteiger partial charge in [0.2, 0.25) is 17.7 Å². The molecule has 3 amide bonds. The topological polar surface area (TPSA) is 95.7 Å². The Kier molecular flexibility index (Phi) is 8.46. The summed E-state index contributed by atoms with van der Waals surface area (Å²) < 4.78 is 0. The van der Waals surface area contributed by atoms with Crippen LogP contribution >= 0.6 is 12.4 Å². The van der Waals surface area contributed by atoms with Gasteiger partial charge in [0, 0.05) is 39.1 Å². The fourth-order valence-electron chi connectivity index (χ4n) is 4.02. The zero-order valence-electron chi connectivity index (χ0n) is 16.9. The number of rotatable bonds is 6. The lowest BCUT2D eigenvalue weighted by molar-refractivity contribution is -0.144. The summed E-state index contributed by atoms with van der Waals surface area (Å²) in [5.41, 5.74) is 7.64. The molecule has 2 fully saturated rings. The minimum atomic E-state index is -0.431. The molecule has 1 aromatic carbocycles. The minimum Gasteiger partial charge on any atom is -0.355 e. The van der Waals surface area contributed by atoms with Gasteiger partial charge in [-0.2, -0.15) is 0 Å². The molecule has 8 heteroatoms. The number of hydrogen-bond donors (Lipinski definition) is 2. The van der Waals surface area contributed by atoms with Crippen molar-refractivity contribution in [2.45, 2.75) is 45.2 Å². The summed E-state index contributed by atoms with van der Waals surface area (Å²) >= 11 is 0. The second-order valence-electron chi connectivity index (χ2n) is 7.76. The number of benzene rings is 1. The van der Waals surface area contributed by atoms with Crippen molar-refractivity contribution < 1.29 is 14.4 Å². The highest BCUT2D eigenvalue weighted by Crippen LogP contribution is 2.26. The molecule has 0 aromatic heterocycles. The fraction of sp³-hybridized carbons (Fsp3) is 0.571. The molecule has 7 nitrogen and oxygen atoms in total. The highest BCUT2D eigenvalue weighted by molar-refractivity contribution is 5.91. The van der Waals surface area contributed by atoms with Crippen LogP contribution in [0, 0.1) is 12.8 Å². The number of nitrogens with two attached hydrogens (primary N) is 1. The summed E-state index contributed by atoms with van der Waals surface area (Å²) in [7, 11) is 0. The molecule has 0 aliphatic carbocycles. The van der Waals surface area contributed by atoms with Crippen LogP contribution in [0.15, 0.2) is 24.3 Å². The molecule has 2 atom stereocenters. The number of nitrogens with one attached hydrogen (secondary N) is 1. The zero-order valence-corrected chi connectivity index (χ0v) is 17.7.